The van der Waals surface area contributed by atoms with Gasteiger partial charge in [-0.2, -0.15) is 10.5 Å². The molecule has 0 aliphatic heterocycles. The fourth-order valence-electron chi connectivity index (χ4n) is 1.34. The van der Waals surface area contributed by atoms with Gasteiger partial charge in [0.2, 0.25) is 0 Å². The van der Waals surface area contributed by atoms with Crippen molar-refractivity contribution >= 4 is 12.0 Å². The lowest BCUT2D eigenvalue weighted by Gasteiger charge is -2.06. The van der Waals surface area contributed by atoms with Crippen LogP contribution in [-0.4, -0.2) is 19.2 Å². The molecule has 0 aliphatic rings. The monoisotopic (exact) mass is 256 g/mol. The average Bonchev–Trinajstić information content (AvgIpc) is 2.43. The summed E-state index contributed by atoms with van der Waals surface area (Å²) in [5.74, 6) is -0.249. The van der Waals surface area contributed by atoms with E-state index in [0.717, 1.165) is 0 Å². The third kappa shape index (κ3) is 4.18. The highest BCUT2D eigenvalue weighted by molar-refractivity contribution is 5.98. The number of esters is 1. The molecule has 0 bridgehead atoms. The maximum Gasteiger partial charge on any atom is 0.348 e. The molecule has 0 aliphatic carbocycles. The summed E-state index contributed by atoms with van der Waals surface area (Å²) < 4.78 is 9.97. The van der Waals surface area contributed by atoms with Crippen LogP contribution in [0.1, 0.15) is 12.5 Å². The lowest BCUT2D eigenvalue weighted by atomic mass is 10.1. The van der Waals surface area contributed by atoms with Gasteiger partial charge in [0, 0.05) is 5.56 Å². The van der Waals surface area contributed by atoms with Crippen molar-refractivity contribution in [1.82, 2.24) is 0 Å². The number of carbonyl (C=O) groups is 1. The Morgan fingerprint density at radius 1 is 1.37 bits per heavy atom. The van der Waals surface area contributed by atoms with Crippen LogP contribution in [-0.2, 0) is 9.53 Å². The van der Waals surface area contributed by atoms with E-state index in [0.29, 0.717) is 11.3 Å². The molecule has 1 rings (SSSR count). The number of para-hydroxylation sites is 1. The zero-order valence-corrected chi connectivity index (χ0v) is 10.4. The number of hydrogen-bond acceptors (Lipinski definition) is 5. The van der Waals surface area contributed by atoms with Crippen LogP contribution < -0.4 is 4.74 Å². The van der Waals surface area contributed by atoms with Crippen molar-refractivity contribution in [2.45, 2.75) is 6.92 Å². The summed E-state index contributed by atoms with van der Waals surface area (Å²) in [6.45, 7) is 1.76. The highest BCUT2D eigenvalue weighted by atomic mass is 16.5. The quantitative estimate of drug-likeness (QED) is 0.457. The Labute approximate surface area is 111 Å². The standard InChI is InChI=1S/C14H12N2O3/c1-2-18-14(17)12(10-16)9-11-5-3-4-6-13(11)19-8-7-15/h3-6,9H,2,8H2,1H3/b12-9-. The van der Waals surface area contributed by atoms with Crippen LogP contribution in [0.5, 0.6) is 5.75 Å². The van der Waals surface area contributed by atoms with Crippen molar-refractivity contribution in [3.63, 3.8) is 0 Å². The van der Waals surface area contributed by atoms with Crippen LogP contribution in [0.3, 0.4) is 0 Å². The molecule has 5 heteroatoms. The zero-order chi connectivity index (χ0) is 14.1. The Kier molecular flexibility index (Phi) is 5.65. The molecule has 5 nitrogen and oxygen atoms in total. The minimum absolute atomic E-state index is 0.105. The van der Waals surface area contributed by atoms with E-state index in [-0.39, 0.29) is 18.8 Å². The Balaban J connectivity index is 3.05. The van der Waals surface area contributed by atoms with E-state index < -0.39 is 5.97 Å². The fourth-order valence-corrected chi connectivity index (χ4v) is 1.34. The van der Waals surface area contributed by atoms with Gasteiger partial charge in [-0.1, -0.05) is 18.2 Å². The molecule has 0 atom stereocenters. The molecule has 0 heterocycles. The van der Waals surface area contributed by atoms with Crippen molar-refractivity contribution in [1.29, 1.82) is 10.5 Å². The Bertz CT molecular complexity index is 565. The summed E-state index contributed by atoms with van der Waals surface area (Å²) in [5, 5.41) is 17.4. The number of carbonyl (C=O) groups excluding carboxylic acids is 1. The van der Waals surface area contributed by atoms with E-state index in [1.807, 2.05) is 6.07 Å². The van der Waals surface area contributed by atoms with Gasteiger partial charge in [-0.25, -0.2) is 4.79 Å². The summed E-state index contributed by atoms with van der Waals surface area (Å²) in [6.07, 6.45) is 1.38. The van der Waals surface area contributed by atoms with Crippen LogP contribution in [0.2, 0.25) is 0 Å². The normalized spacial score (nSPS) is 10.2. The topological polar surface area (TPSA) is 83.1 Å². The van der Waals surface area contributed by atoms with Gasteiger partial charge < -0.3 is 9.47 Å². The van der Waals surface area contributed by atoms with Crippen LogP contribution in [0, 0.1) is 22.7 Å². The minimum Gasteiger partial charge on any atom is -0.478 e. The van der Waals surface area contributed by atoms with Gasteiger partial charge in [-0.15, -0.1) is 0 Å². The van der Waals surface area contributed by atoms with Gasteiger partial charge in [0.1, 0.15) is 23.5 Å². The van der Waals surface area contributed by atoms with Crippen molar-refractivity contribution in [2.24, 2.45) is 0 Å². The second-order valence-electron chi connectivity index (χ2n) is 3.37. The Hall–Kier alpha value is -2.79. The van der Waals surface area contributed by atoms with Gasteiger partial charge in [-0.3, -0.25) is 0 Å². The maximum atomic E-state index is 11.5. The van der Waals surface area contributed by atoms with Gasteiger partial charge in [0.15, 0.2) is 6.61 Å². The molecule has 19 heavy (non-hydrogen) atoms. The van der Waals surface area contributed by atoms with E-state index in [2.05, 4.69) is 0 Å². The van der Waals surface area contributed by atoms with E-state index >= 15 is 0 Å². The van der Waals surface area contributed by atoms with Crippen LogP contribution >= 0.6 is 0 Å². The summed E-state index contributed by atoms with van der Waals surface area (Å²) in [5.41, 5.74) is 0.428. The number of rotatable bonds is 5. The molecule has 0 unspecified atom stereocenters. The molecule has 0 radical (unpaired) electrons. The molecular weight excluding hydrogens is 244 g/mol. The molecule has 1 aromatic carbocycles. The molecule has 0 fully saturated rings. The summed E-state index contributed by atoms with van der Waals surface area (Å²) in [7, 11) is 0. The number of nitrogens with zero attached hydrogens (tertiary/aromatic N) is 2. The number of benzene rings is 1. The number of nitriles is 2. The van der Waals surface area contributed by atoms with Gasteiger partial charge in [0.05, 0.1) is 6.61 Å². The first-order chi connectivity index (χ1) is 9.22. The molecule has 0 saturated heterocycles. The first kappa shape index (κ1) is 14.3. The highest BCUT2D eigenvalue weighted by Crippen LogP contribution is 2.21. The van der Waals surface area contributed by atoms with E-state index in [1.54, 1.807) is 37.3 Å². The molecule has 96 valence electrons. The fraction of sp³-hybridized carbons (Fsp3) is 0.214. The van der Waals surface area contributed by atoms with Crippen molar-refractivity contribution in [3.8, 4) is 17.9 Å². The lowest BCUT2D eigenvalue weighted by Crippen LogP contribution is -2.06. The van der Waals surface area contributed by atoms with E-state index in [1.165, 1.54) is 6.08 Å². The number of ether oxygens (including phenoxy) is 2. The Morgan fingerprint density at radius 3 is 2.74 bits per heavy atom. The van der Waals surface area contributed by atoms with Crippen molar-refractivity contribution in [3.05, 3.63) is 35.4 Å². The molecule has 0 spiro atoms. The van der Waals surface area contributed by atoms with Gasteiger partial charge in [-0.05, 0) is 19.1 Å². The second-order valence-corrected chi connectivity index (χ2v) is 3.37. The predicted octanol–water partition coefficient (Wildman–Crippen LogP) is 2.06. The third-order valence-corrected chi connectivity index (χ3v) is 2.13. The maximum absolute atomic E-state index is 11.5. The summed E-state index contributed by atoms with van der Waals surface area (Å²) >= 11 is 0. The van der Waals surface area contributed by atoms with E-state index in [9.17, 15) is 4.79 Å². The predicted molar refractivity (Wildman–Crippen MR) is 67.8 cm³/mol. The van der Waals surface area contributed by atoms with E-state index in [4.69, 9.17) is 20.0 Å². The minimum atomic E-state index is -0.680. The summed E-state index contributed by atoms with van der Waals surface area (Å²) in [4.78, 5) is 11.5. The molecule has 1 aromatic rings. The third-order valence-electron chi connectivity index (χ3n) is 2.13. The second kappa shape index (κ2) is 7.52. The first-order valence-corrected chi connectivity index (χ1v) is 5.60. The van der Waals surface area contributed by atoms with Gasteiger partial charge in [0.25, 0.3) is 0 Å². The Morgan fingerprint density at radius 2 is 2.11 bits per heavy atom. The van der Waals surface area contributed by atoms with Crippen LogP contribution in [0.25, 0.3) is 6.08 Å². The largest absolute Gasteiger partial charge is 0.478 e. The molecular formula is C14H12N2O3. The molecule has 0 saturated carbocycles. The average molecular weight is 256 g/mol. The summed E-state index contributed by atoms with van der Waals surface area (Å²) in [6, 6.07) is 10.5. The molecule has 0 aromatic heterocycles. The SMILES string of the molecule is CCOC(=O)/C(C#N)=C\c1ccccc1OCC#N. The molecule has 0 amide bonds. The molecule has 0 N–H and O–H groups in total. The van der Waals surface area contributed by atoms with Gasteiger partial charge >= 0.3 is 5.97 Å². The zero-order valence-electron chi connectivity index (χ0n) is 10.4. The van der Waals surface area contributed by atoms with Crippen molar-refractivity contribution < 1.29 is 14.3 Å². The lowest BCUT2D eigenvalue weighted by molar-refractivity contribution is -0.137. The number of hydrogen-bond donors (Lipinski definition) is 0. The highest BCUT2D eigenvalue weighted by Gasteiger charge is 2.11. The first-order valence-electron chi connectivity index (χ1n) is 5.60. The smallest absolute Gasteiger partial charge is 0.348 e. The van der Waals surface area contributed by atoms with Crippen LogP contribution in [0.4, 0.5) is 0 Å². The van der Waals surface area contributed by atoms with Crippen molar-refractivity contribution in [2.75, 3.05) is 13.2 Å². The van der Waals surface area contributed by atoms with Crippen LogP contribution in [0.15, 0.2) is 29.8 Å².